The van der Waals surface area contributed by atoms with Gasteiger partial charge >= 0.3 is 18.0 Å². The van der Waals surface area contributed by atoms with Gasteiger partial charge in [-0.15, -0.1) is 0 Å². The fourth-order valence-corrected chi connectivity index (χ4v) is 2.08. The van der Waals surface area contributed by atoms with Gasteiger partial charge in [0.25, 0.3) is 0 Å². The highest BCUT2D eigenvalue weighted by molar-refractivity contribution is 6.39. The van der Waals surface area contributed by atoms with Crippen LogP contribution in [0.1, 0.15) is 11.1 Å². The van der Waals surface area contributed by atoms with Gasteiger partial charge in [0.2, 0.25) is 0 Å². The highest BCUT2D eigenvalue weighted by atomic mass is 19.4. The molecule has 0 aliphatic heterocycles. The minimum absolute atomic E-state index is 0.0722. The van der Waals surface area contributed by atoms with Gasteiger partial charge in [0.05, 0.1) is 12.1 Å². The Morgan fingerprint density at radius 1 is 1.04 bits per heavy atom. The minimum atomic E-state index is -4.53. The highest BCUT2D eigenvalue weighted by Gasteiger charge is 2.30. The van der Waals surface area contributed by atoms with E-state index >= 15 is 0 Å². The summed E-state index contributed by atoms with van der Waals surface area (Å²) < 4.78 is 43.3. The van der Waals surface area contributed by atoms with Crippen LogP contribution in [-0.2, 0) is 15.8 Å². The first kappa shape index (κ1) is 19.3. The van der Waals surface area contributed by atoms with Crippen molar-refractivity contribution in [3.05, 3.63) is 59.7 Å². The summed E-state index contributed by atoms with van der Waals surface area (Å²) >= 11 is 0. The number of hydrogen-bond acceptors (Lipinski definition) is 3. The van der Waals surface area contributed by atoms with Crippen molar-refractivity contribution in [1.29, 1.82) is 0 Å². The number of alkyl halides is 3. The number of hydrogen-bond donors (Lipinski definition) is 2. The predicted octanol–water partition coefficient (Wildman–Crippen LogP) is 3.15. The lowest BCUT2D eigenvalue weighted by atomic mass is 10.2. The zero-order valence-corrected chi connectivity index (χ0v) is 13.9. The van der Waals surface area contributed by atoms with Crippen LogP contribution in [0.4, 0.5) is 18.9 Å². The third-order valence-electron chi connectivity index (χ3n) is 3.30. The number of carbonyl (C=O) groups excluding carboxylic acids is 2. The third-order valence-corrected chi connectivity index (χ3v) is 3.30. The standard InChI is InChI=1S/C18H17F3N2O3/c1-12-4-2-7-15(10-12)26-9-8-22-16(24)17(25)23-14-6-3-5-13(11-14)18(19,20)21/h2-7,10-11H,8-9H2,1H3,(H,22,24)(H,23,25). The largest absolute Gasteiger partial charge is 0.492 e. The first-order valence-corrected chi connectivity index (χ1v) is 7.71. The van der Waals surface area contributed by atoms with E-state index in [1.165, 1.54) is 6.07 Å². The molecule has 0 saturated carbocycles. The van der Waals surface area contributed by atoms with Gasteiger partial charge in [-0.3, -0.25) is 9.59 Å². The third kappa shape index (κ3) is 5.80. The maximum atomic E-state index is 12.6. The molecule has 2 amide bonds. The normalized spacial score (nSPS) is 10.9. The summed E-state index contributed by atoms with van der Waals surface area (Å²) in [4.78, 5) is 23.4. The summed E-state index contributed by atoms with van der Waals surface area (Å²) in [6.07, 6.45) is -4.53. The van der Waals surface area contributed by atoms with Crippen molar-refractivity contribution in [3.8, 4) is 5.75 Å². The predicted molar refractivity (Wildman–Crippen MR) is 89.8 cm³/mol. The summed E-state index contributed by atoms with van der Waals surface area (Å²) in [7, 11) is 0. The summed E-state index contributed by atoms with van der Waals surface area (Å²) in [5.74, 6) is -1.39. The van der Waals surface area contributed by atoms with Crippen LogP contribution in [0.2, 0.25) is 0 Å². The van der Waals surface area contributed by atoms with Crippen LogP contribution < -0.4 is 15.4 Å². The van der Waals surface area contributed by atoms with Gasteiger partial charge in [-0.25, -0.2) is 0 Å². The van der Waals surface area contributed by atoms with Gasteiger partial charge in [0, 0.05) is 5.69 Å². The van der Waals surface area contributed by atoms with Gasteiger partial charge < -0.3 is 15.4 Å². The molecular formula is C18H17F3N2O3. The van der Waals surface area contributed by atoms with Crippen LogP contribution in [0.15, 0.2) is 48.5 Å². The van der Waals surface area contributed by atoms with Crippen LogP contribution in [-0.4, -0.2) is 25.0 Å². The first-order valence-electron chi connectivity index (χ1n) is 7.71. The SMILES string of the molecule is Cc1cccc(OCCNC(=O)C(=O)Nc2cccc(C(F)(F)F)c2)c1. The van der Waals surface area contributed by atoms with E-state index in [4.69, 9.17) is 4.74 Å². The number of anilines is 1. The van der Waals surface area contributed by atoms with Crippen molar-refractivity contribution in [2.75, 3.05) is 18.5 Å². The summed E-state index contributed by atoms with van der Waals surface area (Å²) in [6, 6.07) is 11.4. The van der Waals surface area contributed by atoms with E-state index in [-0.39, 0.29) is 18.8 Å². The Morgan fingerprint density at radius 3 is 2.46 bits per heavy atom. The Balaban J connectivity index is 1.80. The molecule has 0 aromatic heterocycles. The minimum Gasteiger partial charge on any atom is -0.492 e. The zero-order chi connectivity index (χ0) is 19.2. The van der Waals surface area contributed by atoms with Crippen molar-refractivity contribution in [1.82, 2.24) is 5.32 Å². The summed E-state index contributed by atoms with van der Waals surface area (Å²) in [6.45, 7) is 2.13. The molecule has 2 N–H and O–H groups in total. The molecule has 138 valence electrons. The quantitative estimate of drug-likeness (QED) is 0.631. The van der Waals surface area contributed by atoms with Crippen molar-refractivity contribution >= 4 is 17.5 Å². The molecule has 0 saturated heterocycles. The van der Waals surface area contributed by atoms with E-state index in [2.05, 4.69) is 10.6 Å². The van der Waals surface area contributed by atoms with Crippen LogP contribution in [0.25, 0.3) is 0 Å². The summed E-state index contributed by atoms with van der Waals surface area (Å²) in [5.41, 5.74) is -0.00903. The molecule has 5 nitrogen and oxygen atoms in total. The molecule has 0 radical (unpaired) electrons. The fourth-order valence-electron chi connectivity index (χ4n) is 2.08. The Labute approximate surface area is 148 Å². The Bertz CT molecular complexity index is 791. The average molecular weight is 366 g/mol. The smallest absolute Gasteiger partial charge is 0.416 e. The van der Waals surface area contributed by atoms with Crippen molar-refractivity contribution < 1.29 is 27.5 Å². The molecule has 2 rings (SSSR count). The molecule has 0 bridgehead atoms. The van der Waals surface area contributed by atoms with E-state index in [9.17, 15) is 22.8 Å². The molecule has 2 aromatic carbocycles. The van der Waals surface area contributed by atoms with Crippen LogP contribution >= 0.6 is 0 Å². The lowest BCUT2D eigenvalue weighted by molar-refractivity contribution is -0.137. The van der Waals surface area contributed by atoms with E-state index < -0.39 is 23.6 Å². The maximum Gasteiger partial charge on any atom is 0.416 e. The van der Waals surface area contributed by atoms with Crippen LogP contribution in [0, 0.1) is 6.92 Å². The molecule has 26 heavy (non-hydrogen) atoms. The van der Waals surface area contributed by atoms with Gasteiger partial charge in [0.1, 0.15) is 12.4 Å². The number of amides is 2. The second-order valence-electron chi connectivity index (χ2n) is 5.45. The number of halogens is 3. The van der Waals surface area contributed by atoms with Gasteiger partial charge in [0.15, 0.2) is 0 Å². The second kappa shape index (κ2) is 8.37. The van der Waals surface area contributed by atoms with E-state index in [1.807, 2.05) is 25.1 Å². The molecule has 8 heteroatoms. The summed E-state index contributed by atoms with van der Waals surface area (Å²) in [5, 5.41) is 4.46. The number of carbonyl (C=O) groups is 2. The maximum absolute atomic E-state index is 12.6. The Hall–Kier alpha value is -3.03. The number of rotatable bonds is 5. The average Bonchev–Trinajstić information content (AvgIpc) is 2.58. The molecule has 0 spiro atoms. The lowest BCUT2D eigenvalue weighted by Gasteiger charge is -2.10. The molecule has 0 aliphatic carbocycles. The molecule has 0 fully saturated rings. The van der Waals surface area contributed by atoms with E-state index in [0.717, 1.165) is 23.8 Å². The number of ether oxygens (including phenoxy) is 1. The van der Waals surface area contributed by atoms with Gasteiger partial charge in [-0.05, 0) is 42.8 Å². The molecule has 0 atom stereocenters. The second-order valence-corrected chi connectivity index (χ2v) is 5.45. The Morgan fingerprint density at radius 2 is 1.77 bits per heavy atom. The van der Waals surface area contributed by atoms with Crippen molar-refractivity contribution in [2.45, 2.75) is 13.1 Å². The van der Waals surface area contributed by atoms with E-state index in [1.54, 1.807) is 6.07 Å². The molecule has 0 unspecified atom stereocenters. The molecule has 0 heterocycles. The van der Waals surface area contributed by atoms with Gasteiger partial charge in [-0.1, -0.05) is 18.2 Å². The lowest BCUT2D eigenvalue weighted by Crippen LogP contribution is -2.37. The monoisotopic (exact) mass is 366 g/mol. The van der Waals surface area contributed by atoms with Crippen molar-refractivity contribution in [2.24, 2.45) is 0 Å². The molecular weight excluding hydrogens is 349 g/mol. The highest BCUT2D eigenvalue weighted by Crippen LogP contribution is 2.30. The van der Waals surface area contributed by atoms with Crippen LogP contribution in [0.5, 0.6) is 5.75 Å². The van der Waals surface area contributed by atoms with Crippen molar-refractivity contribution in [3.63, 3.8) is 0 Å². The Kier molecular flexibility index (Phi) is 6.21. The van der Waals surface area contributed by atoms with Gasteiger partial charge in [-0.2, -0.15) is 13.2 Å². The molecule has 0 aliphatic rings. The zero-order valence-electron chi connectivity index (χ0n) is 13.9. The first-order chi connectivity index (χ1) is 12.3. The van der Waals surface area contributed by atoms with E-state index in [0.29, 0.717) is 5.75 Å². The number of nitrogens with one attached hydrogen (secondary N) is 2. The number of aryl methyl sites for hydroxylation is 1. The fraction of sp³-hybridized carbons (Fsp3) is 0.222. The number of benzene rings is 2. The topological polar surface area (TPSA) is 67.4 Å². The van der Waals surface area contributed by atoms with Crippen LogP contribution in [0.3, 0.4) is 0 Å². The molecule has 2 aromatic rings.